The van der Waals surface area contributed by atoms with E-state index in [1.165, 1.54) is 11.8 Å². The average Bonchev–Trinajstić information content (AvgIpc) is 2.77. The molecule has 0 radical (unpaired) electrons. The summed E-state index contributed by atoms with van der Waals surface area (Å²) in [7, 11) is 1.91. The van der Waals surface area contributed by atoms with Gasteiger partial charge in [-0.2, -0.15) is 0 Å². The lowest BCUT2D eigenvalue weighted by atomic mass is 10.2. The van der Waals surface area contributed by atoms with Crippen LogP contribution in [-0.4, -0.2) is 21.2 Å². The standard InChI is InChI=1S/C13H14BrN3OS/c1-9-7-10(3-4-11(9)14)16-12(18)8-19-13-15-5-6-17(13)2/h3-7H,8H2,1-2H3,(H,16,18). The van der Waals surface area contributed by atoms with E-state index in [0.29, 0.717) is 5.75 Å². The third-order valence-corrected chi connectivity index (χ3v) is 4.50. The van der Waals surface area contributed by atoms with E-state index in [-0.39, 0.29) is 5.91 Å². The van der Waals surface area contributed by atoms with Crippen molar-refractivity contribution in [2.45, 2.75) is 12.1 Å². The molecule has 1 heterocycles. The fourth-order valence-electron chi connectivity index (χ4n) is 1.54. The fourth-order valence-corrected chi connectivity index (χ4v) is 2.52. The first-order chi connectivity index (χ1) is 9.06. The van der Waals surface area contributed by atoms with Crippen LogP contribution in [0.15, 0.2) is 40.2 Å². The maximum absolute atomic E-state index is 11.8. The molecule has 0 bridgehead atoms. The van der Waals surface area contributed by atoms with Crippen molar-refractivity contribution in [3.8, 4) is 0 Å². The van der Waals surface area contributed by atoms with Crippen LogP contribution < -0.4 is 5.32 Å². The minimum Gasteiger partial charge on any atom is -0.329 e. The van der Waals surface area contributed by atoms with Crippen molar-refractivity contribution in [1.29, 1.82) is 0 Å². The zero-order chi connectivity index (χ0) is 13.8. The first-order valence-electron chi connectivity index (χ1n) is 5.72. The van der Waals surface area contributed by atoms with Gasteiger partial charge in [-0.1, -0.05) is 27.7 Å². The number of anilines is 1. The Bertz CT molecular complexity index is 597. The van der Waals surface area contributed by atoms with Crippen LogP contribution in [0.5, 0.6) is 0 Å². The van der Waals surface area contributed by atoms with Crippen molar-refractivity contribution >= 4 is 39.3 Å². The summed E-state index contributed by atoms with van der Waals surface area (Å²) in [5, 5.41) is 3.71. The van der Waals surface area contributed by atoms with Crippen molar-refractivity contribution in [2.24, 2.45) is 7.05 Å². The predicted octanol–water partition coefficient (Wildman–Crippen LogP) is 3.22. The lowest BCUT2D eigenvalue weighted by molar-refractivity contribution is -0.113. The number of hydrogen-bond acceptors (Lipinski definition) is 3. The van der Waals surface area contributed by atoms with Crippen LogP contribution in [0.1, 0.15) is 5.56 Å². The zero-order valence-corrected chi connectivity index (χ0v) is 13.1. The highest BCUT2D eigenvalue weighted by molar-refractivity contribution is 9.10. The molecule has 0 spiro atoms. The van der Waals surface area contributed by atoms with E-state index in [2.05, 4.69) is 26.2 Å². The number of nitrogens with one attached hydrogen (secondary N) is 1. The Morgan fingerprint density at radius 1 is 1.53 bits per heavy atom. The quantitative estimate of drug-likeness (QED) is 0.870. The molecular weight excluding hydrogens is 326 g/mol. The number of rotatable bonds is 4. The highest BCUT2D eigenvalue weighted by Crippen LogP contribution is 2.20. The molecule has 1 aromatic heterocycles. The number of benzene rings is 1. The molecule has 1 N–H and O–H groups in total. The summed E-state index contributed by atoms with van der Waals surface area (Å²) < 4.78 is 2.93. The van der Waals surface area contributed by atoms with E-state index >= 15 is 0 Å². The fraction of sp³-hybridized carbons (Fsp3) is 0.231. The molecule has 1 amide bonds. The van der Waals surface area contributed by atoms with Crippen LogP contribution in [-0.2, 0) is 11.8 Å². The summed E-state index contributed by atoms with van der Waals surface area (Å²) in [6.45, 7) is 1.99. The number of hydrogen-bond donors (Lipinski definition) is 1. The van der Waals surface area contributed by atoms with Gasteiger partial charge in [0.15, 0.2) is 5.16 Å². The van der Waals surface area contributed by atoms with Crippen LogP contribution in [0.3, 0.4) is 0 Å². The van der Waals surface area contributed by atoms with Gasteiger partial charge in [0.05, 0.1) is 5.75 Å². The van der Waals surface area contributed by atoms with Crippen molar-refractivity contribution < 1.29 is 4.79 Å². The van der Waals surface area contributed by atoms with Gasteiger partial charge in [0, 0.05) is 29.6 Å². The first-order valence-corrected chi connectivity index (χ1v) is 7.50. The molecule has 2 rings (SSSR count). The van der Waals surface area contributed by atoms with Gasteiger partial charge in [0.25, 0.3) is 0 Å². The van der Waals surface area contributed by atoms with E-state index < -0.39 is 0 Å². The molecule has 2 aromatic rings. The van der Waals surface area contributed by atoms with Crippen LogP contribution in [0.25, 0.3) is 0 Å². The van der Waals surface area contributed by atoms with Crippen LogP contribution in [0.4, 0.5) is 5.69 Å². The van der Waals surface area contributed by atoms with Gasteiger partial charge in [0.2, 0.25) is 5.91 Å². The second-order valence-electron chi connectivity index (χ2n) is 4.12. The summed E-state index contributed by atoms with van der Waals surface area (Å²) >= 11 is 4.85. The number of halogens is 1. The van der Waals surface area contributed by atoms with E-state index in [1.54, 1.807) is 6.20 Å². The van der Waals surface area contributed by atoms with Crippen LogP contribution in [0.2, 0.25) is 0 Å². The number of aryl methyl sites for hydroxylation is 2. The summed E-state index contributed by atoms with van der Waals surface area (Å²) in [6, 6.07) is 5.74. The van der Waals surface area contributed by atoms with Crippen molar-refractivity contribution in [2.75, 3.05) is 11.1 Å². The highest BCUT2D eigenvalue weighted by atomic mass is 79.9. The topological polar surface area (TPSA) is 46.9 Å². The zero-order valence-electron chi connectivity index (χ0n) is 10.7. The number of aromatic nitrogens is 2. The Morgan fingerprint density at radius 3 is 2.95 bits per heavy atom. The van der Waals surface area contributed by atoms with Gasteiger partial charge in [-0.3, -0.25) is 4.79 Å². The number of carbonyl (C=O) groups excluding carboxylic acids is 1. The summed E-state index contributed by atoms with van der Waals surface area (Å²) in [4.78, 5) is 16.0. The largest absolute Gasteiger partial charge is 0.329 e. The van der Waals surface area contributed by atoms with Gasteiger partial charge >= 0.3 is 0 Å². The van der Waals surface area contributed by atoms with Gasteiger partial charge in [-0.25, -0.2) is 4.98 Å². The molecule has 0 unspecified atom stereocenters. The molecule has 0 aliphatic heterocycles. The Balaban J connectivity index is 1.91. The van der Waals surface area contributed by atoms with Gasteiger partial charge < -0.3 is 9.88 Å². The number of nitrogens with zero attached hydrogens (tertiary/aromatic N) is 2. The number of imidazole rings is 1. The van der Waals surface area contributed by atoms with Crippen molar-refractivity contribution in [3.63, 3.8) is 0 Å². The Kier molecular flexibility index (Phi) is 4.66. The van der Waals surface area contributed by atoms with Gasteiger partial charge in [-0.15, -0.1) is 0 Å². The molecule has 0 fully saturated rings. The minimum absolute atomic E-state index is 0.0327. The smallest absolute Gasteiger partial charge is 0.234 e. The molecule has 0 saturated heterocycles. The predicted molar refractivity (Wildman–Crippen MR) is 81.4 cm³/mol. The van der Waals surface area contributed by atoms with E-state index in [4.69, 9.17) is 0 Å². The van der Waals surface area contributed by atoms with Gasteiger partial charge in [0.1, 0.15) is 0 Å². The Labute approximate surface area is 124 Å². The molecule has 0 aliphatic carbocycles. The number of carbonyl (C=O) groups is 1. The maximum atomic E-state index is 11.8. The molecule has 0 aliphatic rings. The van der Waals surface area contributed by atoms with E-state index in [9.17, 15) is 4.79 Å². The lowest BCUT2D eigenvalue weighted by Crippen LogP contribution is -2.14. The molecule has 19 heavy (non-hydrogen) atoms. The Hall–Kier alpha value is -1.27. The second kappa shape index (κ2) is 6.25. The molecular formula is C13H14BrN3OS. The lowest BCUT2D eigenvalue weighted by Gasteiger charge is -2.07. The van der Waals surface area contributed by atoms with Gasteiger partial charge in [-0.05, 0) is 30.7 Å². The van der Waals surface area contributed by atoms with Crippen LogP contribution >= 0.6 is 27.7 Å². The highest BCUT2D eigenvalue weighted by Gasteiger charge is 2.07. The third-order valence-electron chi connectivity index (χ3n) is 2.55. The third kappa shape index (κ3) is 3.84. The second-order valence-corrected chi connectivity index (χ2v) is 5.92. The summed E-state index contributed by atoms with van der Waals surface area (Å²) in [6.07, 6.45) is 3.58. The van der Waals surface area contributed by atoms with Crippen molar-refractivity contribution in [3.05, 3.63) is 40.6 Å². The molecule has 0 atom stereocenters. The average molecular weight is 340 g/mol. The number of thioether (sulfide) groups is 1. The normalized spacial score (nSPS) is 10.5. The summed E-state index contributed by atoms with van der Waals surface area (Å²) in [5.74, 6) is 0.315. The first kappa shape index (κ1) is 14.1. The molecule has 100 valence electrons. The number of amides is 1. The monoisotopic (exact) mass is 339 g/mol. The molecule has 0 saturated carbocycles. The van der Waals surface area contributed by atoms with Crippen LogP contribution in [0, 0.1) is 6.92 Å². The minimum atomic E-state index is -0.0327. The molecule has 1 aromatic carbocycles. The van der Waals surface area contributed by atoms with E-state index in [0.717, 1.165) is 20.9 Å². The molecule has 6 heteroatoms. The SMILES string of the molecule is Cc1cc(NC(=O)CSc2nccn2C)ccc1Br. The Morgan fingerprint density at radius 2 is 2.32 bits per heavy atom. The summed E-state index contributed by atoms with van der Waals surface area (Å²) in [5.41, 5.74) is 1.90. The van der Waals surface area contributed by atoms with Crippen molar-refractivity contribution in [1.82, 2.24) is 9.55 Å². The van der Waals surface area contributed by atoms with E-state index in [1.807, 2.05) is 42.9 Å². The maximum Gasteiger partial charge on any atom is 0.234 e. The molecule has 4 nitrogen and oxygen atoms in total.